The highest BCUT2D eigenvalue weighted by Crippen LogP contribution is 2.27. The van der Waals surface area contributed by atoms with Crippen LogP contribution < -0.4 is 0 Å². The molecule has 1 atom stereocenters. The van der Waals surface area contributed by atoms with Crippen molar-refractivity contribution >= 4 is 0 Å². The Morgan fingerprint density at radius 3 is 2.31 bits per heavy atom. The Morgan fingerprint density at radius 1 is 1.25 bits per heavy atom. The summed E-state index contributed by atoms with van der Waals surface area (Å²) in [6, 6.07) is 0. The molecule has 1 N–H and O–H groups in total. The minimum atomic E-state index is -0.337. The van der Waals surface area contributed by atoms with Gasteiger partial charge in [-0.05, 0) is 32.1 Å². The number of aliphatic hydroxyl groups excluding tert-OH is 1. The van der Waals surface area contributed by atoms with Gasteiger partial charge in [-0.1, -0.05) is 32.8 Å². The number of allylic oxidation sites excluding steroid dienone is 1. The number of hydrogen-bond donors (Lipinski definition) is 1. The zero-order valence-corrected chi connectivity index (χ0v) is 11.2. The summed E-state index contributed by atoms with van der Waals surface area (Å²) in [7, 11) is 1.70. The molecule has 0 aromatic rings. The maximum atomic E-state index is 10.2. The number of aliphatic hydroxyl groups is 1. The number of methoxy groups -OCH3 is 1. The van der Waals surface area contributed by atoms with Crippen molar-refractivity contribution in [1.82, 2.24) is 0 Å². The van der Waals surface area contributed by atoms with E-state index >= 15 is 0 Å². The van der Waals surface area contributed by atoms with Crippen molar-refractivity contribution in [3.63, 3.8) is 0 Å². The lowest BCUT2D eigenvalue weighted by Crippen LogP contribution is -2.43. The molecule has 0 saturated heterocycles. The summed E-state index contributed by atoms with van der Waals surface area (Å²) in [5.74, 6) is 0. The minimum absolute atomic E-state index is 0.335. The molecule has 0 aromatic carbocycles. The summed E-state index contributed by atoms with van der Waals surface area (Å²) in [6.07, 6.45) is 8.68. The average molecular weight is 228 g/mol. The fourth-order valence-electron chi connectivity index (χ4n) is 2.21. The van der Waals surface area contributed by atoms with Gasteiger partial charge in [0, 0.05) is 7.11 Å². The van der Waals surface area contributed by atoms with E-state index in [-0.39, 0.29) is 11.7 Å². The van der Waals surface area contributed by atoms with E-state index in [4.69, 9.17) is 4.74 Å². The monoisotopic (exact) mass is 228 g/mol. The number of ether oxygens (including phenoxy) is 1. The van der Waals surface area contributed by atoms with Gasteiger partial charge in [0.1, 0.15) is 0 Å². The van der Waals surface area contributed by atoms with E-state index in [0.29, 0.717) is 0 Å². The van der Waals surface area contributed by atoms with Crippen LogP contribution in [0.15, 0.2) is 12.7 Å². The summed E-state index contributed by atoms with van der Waals surface area (Å²) in [4.78, 5) is 0. The van der Waals surface area contributed by atoms with Gasteiger partial charge in [0.15, 0.2) is 0 Å². The lowest BCUT2D eigenvalue weighted by molar-refractivity contribution is -0.110. The molecular weight excluding hydrogens is 200 g/mol. The molecule has 0 radical (unpaired) electrons. The van der Waals surface area contributed by atoms with Crippen molar-refractivity contribution in [2.24, 2.45) is 0 Å². The molecule has 2 heteroatoms. The van der Waals surface area contributed by atoms with Crippen molar-refractivity contribution in [2.75, 3.05) is 7.11 Å². The van der Waals surface area contributed by atoms with E-state index in [0.717, 1.165) is 38.5 Å². The summed E-state index contributed by atoms with van der Waals surface area (Å²) in [5, 5.41) is 10.2. The van der Waals surface area contributed by atoms with E-state index in [9.17, 15) is 5.11 Å². The molecule has 0 saturated carbocycles. The van der Waals surface area contributed by atoms with Gasteiger partial charge in [0.2, 0.25) is 0 Å². The first-order valence-electron chi connectivity index (χ1n) is 6.51. The molecule has 0 aliphatic carbocycles. The van der Waals surface area contributed by atoms with E-state index in [1.165, 1.54) is 6.42 Å². The highest BCUT2D eigenvalue weighted by atomic mass is 16.5. The van der Waals surface area contributed by atoms with Crippen LogP contribution in [0.1, 0.15) is 58.8 Å². The van der Waals surface area contributed by atoms with E-state index in [1.807, 2.05) is 6.08 Å². The summed E-state index contributed by atoms with van der Waals surface area (Å²) < 4.78 is 5.51. The predicted octanol–water partition coefficient (Wildman–Crippen LogP) is 3.69. The molecule has 96 valence electrons. The maximum Gasteiger partial charge on any atom is 0.0931 e. The Bertz CT molecular complexity index is 165. The van der Waals surface area contributed by atoms with Crippen LogP contribution in [0.4, 0.5) is 0 Å². The summed E-state index contributed by atoms with van der Waals surface area (Å²) >= 11 is 0. The first kappa shape index (κ1) is 15.7. The summed E-state index contributed by atoms with van der Waals surface area (Å²) in [5.41, 5.74) is -0.335. The third-order valence-electron chi connectivity index (χ3n) is 3.60. The normalized spacial score (nSPS) is 13.8. The molecule has 0 heterocycles. The highest BCUT2D eigenvalue weighted by molar-refractivity contribution is 4.85. The van der Waals surface area contributed by atoms with Crippen LogP contribution in [0.5, 0.6) is 0 Å². The SMILES string of the molecule is C=CCCCCCC(O)C(CC)(CC)OC. The molecule has 16 heavy (non-hydrogen) atoms. The molecule has 0 aromatic heterocycles. The van der Waals surface area contributed by atoms with E-state index in [1.54, 1.807) is 7.11 Å². The van der Waals surface area contributed by atoms with Crippen LogP contribution in [0, 0.1) is 0 Å². The van der Waals surface area contributed by atoms with Crippen molar-refractivity contribution in [3.8, 4) is 0 Å². The van der Waals surface area contributed by atoms with Crippen LogP contribution in [0.2, 0.25) is 0 Å². The molecule has 0 amide bonds. The van der Waals surface area contributed by atoms with Gasteiger partial charge >= 0.3 is 0 Å². The van der Waals surface area contributed by atoms with Gasteiger partial charge in [-0.25, -0.2) is 0 Å². The third kappa shape index (κ3) is 4.67. The lowest BCUT2D eigenvalue weighted by Gasteiger charge is -2.35. The van der Waals surface area contributed by atoms with Crippen LogP contribution in [-0.4, -0.2) is 23.9 Å². The molecule has 0 rings (SSSR count). The van der Waals surface area contributed by atoms with Gasteiger partial charge in [0.25, 0.3) is 0 Å². The molecular formula is C14H28O2. The van der Waals surface area contributed by atoms with Crippen molar-refractivity contribution in [3.05, 3.63) is 12.7 Å². The van der Waals surface area contributed by atoms with E-state index in [2.05, 4.69) is 20.4 Å². The third-order valence-corrected chi connectivity index (χ3v) is 3.60. The van der Waals surface area contributed by atoms with Gasteiger partial charge in [0.05, 0.1) is 11.7 Å². The molecule has 0 aliphatic heterocycles. The molecule has 0 aliphatic rings. The number of unbranched alkanes of at least 4 members (excludes halogenated alkanes) is 3. The fraction of sp³-hybridized carbons (Fsp3) is 0.857. The van der Waals surface area contributed by atoms with Crippen molar-refractivity contribution < 1.29 is 9.84 Å². The van der Waals surface area contributed by atoms with Gasteiger partial charge in [-0.15, -0.1) is 6.58 Å². The average Bonchev–Trinajstić information content (AvgIpc) is 2.32. The number of hydrogen-bond acceptors (Lipinski definition) is 2. The van der Waals surface area contributed by atoms with Gasteiger partial charge in [-0.2, -0.15) is 0 Å². The second kappa shape index (κ2) is 8.77. The Hall–Kier alpha value is -0.340. The molecule has 0 spiro atoms. The van der Waals surface area contributed by atoms with Gasteiger partial charge < -0.3 is 9.84 Å². The highest BCUT2D eigenvalue weighted by Gasteiger charge is 2.33. The van der Waals surface area contributed by atoms with E-state index < -0.39 is 0 Å². The first-order valence-corrected chi connectivity index (χ1v) is 6.51. The van der Waals surface area contributed by atoms with Crippen molar-refractivity contribution in [1.29, 1.82) is 0 Å². The molecule has 0 bridgehead atoms. The maximum absolute atomic E-state index is 10.2. The zero-order valence-electron chi connectivity index (χ0n) is 11.2. The molecule has 2 nitrogen and oxygen atoms in total. The first-order chi connectivity index (χ1) is 7.66. The topological polar surface area (TPSA) is 29.5 Å². The standard InChI is InChI=1S/C14H28O2/c1-5-8-9-10-11-12-13(15)14(6-2,7-3)16-4/h5,13,15H,1,6-12H2,2-4H3. The molecule has 1 unspecified atom stereocenters. The largest absolute Gasteiger partial charge is 0.390 e. The second-order valence-electron chi connectivity index (χ2n) is 4.42. The zero-order chi connectivity index (χ0) is 12.4. The van der Waals surface area contributed by atoms with Gasteiger partial charge in [-0.3, -0.25) is 0 Å². The van der Waals surface area contributed by atoms with Crippen molar-refractivity contribution in [2.45, 2.75) is 70.5 Å². The lowest BCUT2D eigenvalue weighted by atomic mass is 9.87. The Morgan fingerprint density at radius 2 is 1.88 bits per heavy atom. The van der Waals surface area contributed by atoms with Crippen LogP contribution in [0.25, 0.3) is 0 Å². The smallest absolute Gasteiger partial charge is 0.0931 e. The Kier molecular flexibility index (Phi) is 8.58. The second-order valence-corrected chi connectivity index (χ2v) is 4.42. The van der Waals surface area contributed by atoms with Crippen LogP contribution >= 0.6 is 0 Å². The van der Waals surface area contributed by atoms with Crippen LogP contribution in [-0.2, 0) is 4.74 Å². The predicted molar refractivity (Wildman–Crippen MR) is 69.6 cm³/mol. The number of rotatable bonds is 10. The minimum Gasteiger partial charge on any atom is -0.390 e. The fourth-order valence-corrected chi connectivity index (χ4v) is 2.21. The Balaban J connectivity index is 3.92. The summed E-state index contributed by atoms with van der Waals surface area (Å²) in [6.45, 7) is 7.86. The quantitative estimate of drug-likeness (QED) is 0.456. The molecule has 0 fully saturated rings. The van der Waals surface area contributed by atoms with Crippen LogP contribution in [0.3, 0.4) is 0 Å². The Labute approximate surface area is 101 Å².